The molecule has 0 saturated carbocycles. The Morgan fingerprint density at radius 3 is 2.83 bits per heavy atom. The molecule has 7 nitrogen and oxygen atoms in total. The number of hydrogen-bond acceptors (Lipinski definition) is 4. The number of nitrogens with two attached hydrogens (primary N) is 1. The number of carbonyl (C=O) groups excluding carboxylic acids is 1. The molecule has 0 unspecified atom stereocenters. The minimum absolute atomic E-state index is 0.161. The van der Waals surface area contributed by atoms with Gasteiger partial charge in [0.05, 0.1) is 11.0 Å². The van der Waals surface area contributed by atoms with E-state index in [1.165, 1.54) is 0 Å². The zero-order chi connectivity index (χ0) is 20.6. The molecule has 3 aromatic rings. The number of para-hydroxylation sites is 1. The Kier molecular flexibility index (Phi) is 7.05. The molecule has 2 heterocycles. The first kappa shape index (κ1) is 20.6. The van der Waals surface area contributed by atoms with Gasteiger partial charge in [-0.25, -0.2) is 14.8 Å². The standard InChI is InChI=1S/C22H30N6O/c1-3-5-12-18-27-19-20(16-10-6-7-11-17(16)26-21(19)23)28(18)15-9-8-14-25-22(29)24-13-4-2/h4,6-7,10-11H,2-3,5,8-9,12-15H2,1H3,(H2,23,26)(H2,24,25,29). The largest absolute Gasteiger partial charge is 0.382 e. The summed E-state index contributed by atoms with van der Waals surface area (Å²) in [6, 6.07) is 7.90. The van der Waals surface area contributed by atoms with Crippen molar-refractivity contribution in [3.8, 4) is 0 Å². The lowest BCUT2D eigenvalue weighted by atomic mass is 10.2. The molecular weight excluding hydrogens is 364 g/mol. The Hall–Kier alpha value is -3.09. The number of unbranched alkanes of at least 4 members (excludes halogenated alkanes) is 2. The highest BCUT2D eigenvalue weighted by molar-refractivity contribution is 6.06. The van der Waals surface area contributed by atoms with E-state index in [0.717, 1.165) is 66.4 Å². The monoisotopic (exact) mass is 394 g/mol. The summed E-state index contributed by atoms with van der Waals surface area (Å²) < 4.78 is 2.29. The van der Waals surface area contributed by atoms with Gasteiger partial charge in [0.15, 0.2) is 5.82 Å². The fourth-order valence-corrected chi connectivity index (χ4v) is 3.50. The number of aromatic nitrogens is 3. The van der Waals surface area contributed by atoms with Crippen LogP contribution in [-0.2, 0) is 13.0 Å². The van der Waals surface area contributed by atoms with E-state index in [4.69, 9.17) is 10.7 Å². The Balaban J connectivity index is 1.79. The van der Waals surface area contributed by atoms with Gasteiger partial charge in [-0.2, -0.15) is 0 Å². The molecule has 0 saturated heterocycles. The summed E-state index contributed by atoms with van der Waals surface area (Å²) in [5, 5.41) is 6.66. The molecule has 0 fully saturated rings. The number of nitrogens with one attached hydrogen (secondary N) is 2. The number of nitrogen functional groups attached to an aromatic ring is 1. The van der Waals surface area contributed by atoms with E-state index in [2.05, 4.69) is 39.8 Å². The molecule has 0 spiro atoms. The van der Waals surface area contributed by atoms with Gasteiger partial charge in [-0.1, -0.05) is 37.6 Å². The van der Waals surface area contributed by atoms with Crippen LogP contribution in [-0.4, -0.2) is 33.7 Å². The number of imidazole rings is 1. The molecule has 29 heavy (non-hydrogen) atoms. The highest BCUT2D eigenvalue weighted by Gasteiger charge is 2.16. The molecule has 1 aromatic carbocycles. The molecular formula is C22H30N6O. The van der Waals surface area contributed by atoms with Crippen LogP contribution >= 0.6 is 0 Å². The number of hydrogen-bond donors (Lipinski definition) is 3. The lowest BCUT2D eigenvalue weighted by Crippen LogP contribution is -2.36. The highest BCUT2D eigenvalue weighted by atomic mass is 16.2. The van der Waals surface area contributed by atoms with Gasteiger partial charge >= 0.3 is 6.03 Å². The number of pyridine rings is 1. The van der Waals surface area contributed by atoms with Crippen LogP contribution in [0.25, 0.3) is 21.9 Å². The normalized spacial score (nSPS) is 11.1. The minimum atomic E-state index is -0.161. The average Bonchev–Trinajstić information content (AvgIpc) is 3.10. The number of rotatable bonds is 10. The topological polar surface area (TPSA) is 97.9 Å². The maximum Gasteiger partial charge on any atom is 0.315 e. The number of aryl methyl sites for hydroxylation is 2. The molecule has 3 rings (SSSR count). The Bertz CT molecular complexity index is 994. The Labute approximate surface area is 171 Å². The summed E-state index contributed by atoms with van der Waals surface area (Å²) in [5.74, 6) is 1.54. The number of nitrogens with zero attached hydrogens (tertiary/aromatic N) is 3. The first-order chi connectivity index (χ1) is 14.2. The molecule has 7 heteroatoms. The molecule has 0 aliphatic heterocycles. The lowest BCUT2D eigenvalue weighted by Gasteiger charge is -2.11. The van der Waals surface area contributed by atoms with E-state index in [9.17, 15) is 4.79 Å². The zero-order valence-electron chi connectivity index (χ0n) is 17.1. The van der Waals surface area contributed by atoms with Gasteiger partial charge in [0.2, 0.25) is 0 Å². The third kappa shape index (κ3) is 4.85. The lowest BCUT2D eigenvalue weighted by molar-refractivity contribution is 0.241. The van der Waals surface area contributed by atoms with E-state index in [1.54, 1.807) is 6.08 Å². The summed E-state index contributed by atoms with van der Waals surface area (Å²) in [7, 11) is 0. The van der Waals surface area contributed by atoms with Crippen LogP contribution in [0.15, 0.2) is 36.9 Å². The smallest absolute Gasteiger partial charge is 0.315 e. The second-order valence-electron chi connectivity index (χ2n) is 7.13. The molecule has 0 radical (unpaired) electrons. The van der Waals surface area contributed by atoms with E-state index in [1.807, 2.05) is 18.2 Å². The number of benzene rings is 1. The summed E-state index contributed by atoms with van der Waals surface area (Å²) in [4.78, 5) is 21.0. The second kappa shape index (κ2) is 9.91. The quantitative estimate of drug-likeness (QED) is 0.360. The predicted octanol–water partition coefficient (Wildman–Crippen LogP) is 3.77. The van der Waals surface area contributed by atoms with Crippen molar-refractivity contribution in [2.45, 2.75) is 45.6 Å². The number of anilines is 1. The van der Waals surface area contributed by atoms with Crippen LogP contribution in [0.1, 0.15) is 38.4 Å². The highest BCUT2D eigenvalue weighted by Crippen LogP contribution is 2.29. The third-order valence-corrected chi connectivity index (χ3v) is 4.94. The minimum Gasteiger partial charge on any atom is -0.382 e. The van der Waals surface area contributed by atoms with Gasteiger partial charge in [0, 0.05) is 31.4 Å². The van der Waals surface area contributed by atoms with Crippen molar-refractivity contribution in [3.63, 3.8) is 0 Å². The predicted molar refractivity (Wildman–Crippen MR) is 119 cm³/mol. The van der Waals surface area contributed by atoms with Gasteiger partial charge in [0.1, 0.15) is 11.3 Å². The van der Waals surface area contributed by atoms with E-state index < -0.39 is 0 Å². The fourth-order valence-electron chi connectivity index (χ4n) is 3.50. The Morgan fingerprint density at radius 2 is 2.03 bits per heavy atom. The van der Waals surface area contributed by atoms with Crippen LogP contribution in [0.5, 0.6) is 0 Å². The second-order valence-corrected chi connectivity index (χ2v) is 7.13. The SMILES string of the molecule is C=CCNC(=O)NCCCCn1c(CCCC)nc2c(N)nc3ccccc3c21. The van der Waals surface area contributed by atoms with Gasteiger partial charge in [-0.05, 0) is 25.3 Å². The van der Waals surface area contributed by atoms with E-state index in [0.29, 0.717) is 18.9 Å². The summed E-state index contributed by atoms with van der Waals surface area (Å²) >= 11 is 0. The van der Waals surface area contributed by atoms with Crippen molar-refractivity contribution < 1.29 is 4.79 Å². The van der Waals surface area contributed by atoms with Crippen LogP contribution in [0.2, 0.25) is 0 Å². The molecule has 2 amide bonds. The number of carbonyl (C=O) groups is 1. The molecule has 0 aliphatic carbocycles. The zero-order valence-corrected chi connectivity index (χ0v) is 17.1. The maximum atomic E-state index is 11.6. The van der Waals surface area contributed by atoms with Crippen molar-refractivity contribution >= 4 is 33.8 Å². The molecule has 2 aromatic heterocycles. The average molecular weight is 395 g/mol. The van der Waals surface area contributed by atoms with Crippen molar-refractivity contribution in [1.82, 2.24) is 25.2 Å². The van der Waals surface area contributed by atoms with E-state index in [-0.39, 0.29) is 6.03 Å². The van der Waals surface area contributed by atoms with Crippen molar-refractivity contribution in [1.29, 1.82) is 0 Å². The first-order valence-corrected chi connectivity index (χ1v) is 10.3. The van der Waals surface area contributed by atoms with E-state index >= 15 is 0 Å². The molecule has 0 aliphatic rings. The van der Waals surface area contributed by atoms with Gasteiger partial charge < -0.3 is 20.9 Å². The number of urea groups is 1. The van der Waals surface area contributed by atoms with Crippen LogP contribution in [0, 0.1) is 0 Å². The molecule has 4 N–H and O–H groups in total. The van der Waals surface area contributed by atoms with Crippen molar-refractivity contribution in [3.05, 3.63) is 42.7 Å². The van der Waals surface area contributed by atoms with Gasteiger partial charge in [-0.15, -0.1) is 6.58 Å². The van der Waals surface area contributed by atoms with Crippen molar-refractivity contribution in [2.75, 3.05) is 18.8 Å². The maximum absolute atomic E-state index is 11.6. The van der Waals surface area contributed by atoms with Gasteiger partial charge in [0.25, 0.3) is 0 Å². The van der Waals surface area contributed by atoms with Gasteiger partial charge in [-0.3, -0.25) is 0 Å². The van der Waals surface area contributed by atoms with Crippen LogP contribution in [0.4, 0.5) is 10.6 Å². The van der Waals surface area contributed by atoms with Crippen molar-refractivity contribution in [2.24, 2.45) is 0 Å². The Morgan fingerprint density at radius 1 is 1.21 bits per heavy atom. The number of amides is 2. The molecule has 154 valence electrons. The molecule has 0 bridgehead atoms. The number of fused-ring (bicyclic) bond motifs is 3. The van der Waals surface area contributed by atoms with Crippen LogP contribution < -0.4 is 16.4 Å². The molecule has 0 atom stereocenters. The summed E-state index contributed by atoms with van der Waals surface area (Å²) in [6.07, 6.45) is 6.59. The summed E-state index contributed by atoms with van der Waals surface area (Å²) in [6.45, 7) is 7.70. The van der Waals surface area contributed by atoms with Crippen LogP contribution in [0.3, 0.4) is 0 Å². The third-order valence-electron chi connectivity index (χ3n) is 4.94. The summed E-state index contributed by atoms with van der Waals surface area (Å²) in [5.41, 5.74) is 8.98. The first-order valence-electron chi connectivity index (χ1n) is 10.3. The fraction of sp³-hybridized carbons (Fsp3) is 0.409.